The molecule has 0 saturated carbocycles. The maximum atomic E-state index is 10.6. The molecule has 0 heterocycles. The molecule has 1 N–H and O–H groups in total. The monoisotopic (exact) mass is 472 g/mol. The van der Waals surface area contributed by atoms with Crippen LogP contribution in [0.2, 0.25) is 0 Å². The molecule has 0 aromatic heterocycles. The summed E-state index contributed by atoms with van der Waals surface area (Å²) in [4.78, 5) is 10.6. The number of hydrogen-bond acceptors (Lipinski definition) is 3. The third kappa shape index (κ3) is 6.54. The highest BCUT2D eigenvalue weighted by Crippen LogP contribution is 2.42. The number of aliphatic carboxylic acids is 1. The smallest absolute Gasteiger partial charge is 0.313 e. The van der Waals surface area contributed by atoms with Gasteiger partial charge in [-0.05, 0) is 72.3 Å². The first kappa shape index (κ1) is 24.2. The largest absolute Gasteiger partial charge is 0.493 e. The lowest BCUT2D eigenvalue weighted by Gasteiger charge is -2.28. The van der Waals surface area contributed by atoms with Crippen molar-refractivity contribution >= 4 is 29.4 Å². The maximum absolute atomic E-state index is 10.6. The number of thioether (sulfide) groups is 1. The fourth-order valence-corrected chi connectivity index (χ4v) is 5.34. The van der Waals surface area contributed by atoms with Crippen molar-refractivity contribution in [2.24, 2.45) is 0 Å². The van der Waals surface area contributed by atoms with Gasteiger partial charge in [-0.2, -0.15) is 11.8 Å². The molecule has 4 heteroatoms. The zero-order valence-corrected chi connectivity index (χ0v) is 20.3. The molecule has 0 saturated heterocycles. The van der Waals surface area contributed by atoms with E-state index in [1.54, 1.807) is 0 Å². The van der Waals surface area contributed by atoms with E-state index in [9.17, 15) is 4.79 Å². The molecule has 3 nitrogen and oxygen atoms in total. The van der Waals surface area contributed by atoms with Gasteiger partial charge in [0, 0.05) is 11.5 Å². The minimum atomic E-state index is -0.741. The SMILES string of the molecule is O=C(O)CSCCCCCOc1ccccc1/C=C1\CCC(c2ccccc2)c2ccccc21. The van der Waals surface area contributed by atoms with Crippen molar-refractivity contribution in [2.45, 2.75) is 38.0 Å². The predicted molar refractivity (Wildman–Crippen MR) is 143 cm³/mol. The molecule has 3 aromatic carbocycles. The van der Waals surface area contributed by atoms with Gasteiger partial charge >= 0.3 is 5.97 Å². The van der Waals surface area contributed by atoms with Gasteiger partial charge < -0.3 is 9.84 Å². The van der Waals surface area contributed by atoms with Crippen molar-refractivity contribution < 1.29 is 14.6 Å². The Morgan fingerprint density at radius 3 is 2.56 bits per heavy atom. The summed E-state index contributed by atoms with van der Waals surface area (Å²) in [5, 5.41) is 8.70. The van der Waals surface area contributed by atoms with E-state index in [1.165, 1.54) is 34.0 Å². The van der Waals surface area contributed by atoms with Crippen molar-refractivity contribution in [2.75, 3.05) is 18.1 Å². The average molecular weight is 473 g/mol. The fourth-order valence-electron chi connectivity index (χ4n) is 4.61. The molecule has 0 radical (unpaired) electrons. The Bertz CT molecular complexity index is 1110. The molecule has 4 rings (SSSR count). The zero-order valence-electron chi connectivity index (χ0n) is 19.5. The van der Waals surface area contributed by atoms with Crippen molar-refractivity contribution in [3.63, 3.8) is 0 Å². The van der Waals surface area contributed by atoms with Gasteiger partial charge in [0.05, 0.1) is 12.4 Å². The Labute approximate surface area is 206 Å². The summed E-state index contributed by atoms with van der Waals surface area (Å²) in [6.45, 7) is 0.677. The molecular weight excluding hydrogens is 440 g/mol. The van der Waals surface area contributed by atoms with E-state index >= 15 is 0 Å². The average Bonchev–Trinajstić information content (AvgIpc) is 2.87. The van der Waals surface area contributed by atoms with E-state index in [-0.39, 0.29) is 5.75 Å². The van der Waals surface area contributed by atoms with E-state index in [0.717, 1.165) is 49.2 Å². The number of unbranched alkanes of at least 4 members (excludes halogenated alkanes) is 2. The Balaban J connectivity index is 1.41. The van der Waals surface area contributed by atoms with Crippen LogP contribution in [0.4, 0.5) is 0 Å². The van der Waals surface area contributed by atoms with Crippen LogP contribution >= 0.6 is 11.8 Å². The number of carboxylic acids is 1. The molecule has 3 aromatic rings. The Morgan fingerprint density at radius 1 is 0.941 bits per heavy atom. The highest BCUT2D eigenvalue weighted by atomic mass is 32.2. The number of allylic oxidation sites excluding steroid dienone is 1. The number of fused-ring (bicyclic) bond motifs is 1. The number of para-hydroxylation sites is 1. The first-order chi connectivity index (χ1) is 16.7. The molecule has 0 aliphatic heterocycles. The summed E-state index contributed by atoms with van der Waals surface area (Å²) in [5.74, 6) is 1.70. The lowest BCUT2D eigenvalue weighted by Crippen LogP contribution is -2.10. The third-order valence-electron chi connectivity index (χ3n) is 6.25. The van der Waals surface area contributed by atoms with E-state index in [4.69, 9.17) is 9.84 Å². The highest BCUT2D eigenvalue weighted by molar-refractivity contribution is 7.99. The van der Waals surface area contributed by atoms with Crippen molar-refractivity contribution in [3.8, 4) is 5.75 Å². The lowest BCUT2D eigenvalue weighted by molar-refractivity contribution is -0.133. The third-order valence-corrected chi connectivity index (χ3v) is 7.28. The topological polar surface area (TPSA) is 46.5 Å². The van der Waals surface area contributed by atoms with E-state index in [2.05, 4.69) is 78.9 Å². The summed E-state index contributed by atoms with van der Waals surface area (Å²) in [6.07, 6.45) is 7.49. The van der Waals surface area contributed by atoms with E-state index < -0.39 is 5.97 Å². The second-order valence-corrected chi connectivity index (χ2v) is 9.76. The van der Waals surface area contributed by atoms with Crippen molar-refractivity contribution in [3.05, 3.63) is 101 Å². The number of carboxylic acid groups (broad SMARTS) is 1. The Morgan fingerprint density at radius 2 is 1.71 bits per heavy atom. The van der Waals surface area contributed by atoms with Crippen LogP contribution in [0.15, 0.2) is 78.9 Å². The van der Waals surface area contributed by atoms with Gasteiger partial charge in [0.15, 0.2) is 0 Å². The van der Waals surface area contributed by atoms with Crippen LogP contribution in [0, 0.1) is 0 Å². The van der Waals surface area contributed by atoms with Crippen molar-refractivity contribution in [1.82, 2.24) is 0 Å². The quantitative estimate of drug-likeness (QED) is 0.293. The summed E-state index contributed by atoms with van der Waals surface area (Å²) >= 11 is 1.48. The second kappa shape index (κ2) is 12.5. The molecule has 0 bridgehead atoms. The van der Waals surface area contributed by atoms with Crippen LogP contribution in [0.25, 0.3) is 11.6 Å². The van der Waals surface area contributed by atoms with Gasteiger partial charge in [-0.25, -0.2) is 0 Å². The summed E-state index contributed by atoms with van der Waals surface area (Å²) < 4.78 is 6.16. The Kier molecular flexibility index (Phi) is 8.86. The highest BCUT2D eigenvalue weighted by Gasteiger charge is 2.24. The first-order valence-electron chi connectivity index (χ1n) is 12.1. The number of carbonyl (C=O) groups is 1. The first-order valence-corrected chi connectivity index (χ1v) is 13.2. The summed E-state index contributed by atoms with van der Waals surface area (Å²) in [6, 6.07) is 27.9. The van der Waals surface area contributed by atoms with E-state index in [1.807, 2.05) is 6.07 Å². The molecule has 0 amide bonds. The van der Waals surface area contributed by atoms with Gasteiger partial charge in [-0.15, -0.1) is 0 Å². The van der Waals surface area contributed by atoms with Gasteiger partial charge in [-0.1, -0.05) is 72.8 Å². The molecule has 0 fully saturated rings. The van der Waals surface area contributed by atoms with Gasteiger partial charge in [0.2, 0.25) is 0 Å². The predicted octanol–water partition coefficient (Wildman–Crippen LogP) is 7.52. The molecule has 0 spiro atoms. The van der Waals surface area contributed by atoms with Crippen LogP contribution in [0.1, 0.15) is 60.3 Å². The molecule has 1 aliphatic carbocycles. The normalized spacial score (nSPS) is 16.2. The van der Waals surface area contributed by atoms with Crippen LogP contribution < -0.4 is 4.74 Å². The number of benzene rings is 3. The van der Waals surface area contributed by atoms with Crippen LogP contribution in [0.5, 0.6) is 5.75 Å². The Hall–Kier alpha value is -2.98. The second-order valence-electron chi connectivity index (χ2n) is 8.65. The molecule has 1 atom stereocenters. The molecular formula is C30H32O3S. The minimum absolute atomic E-state index is 0.188. The van der Waals surface area contributed by atoms with E-state index in [0.29, 0.717) is 12.5 Å². The summed E-state index contributed by atoms with van der Waals surface area (Å²) in [7, 11) is 0. The maximum Gasteiger partial charge on any atom is 0.313 e. The standard InChI is InChI=1S/C30H32O3S/c31-30(32)22-34-20-10-2-9-19-33-29-16-8-5-13-25(29)21-24-17-18-27(23-11-3-1-4-12-23)28-15-7-6-14-26(24)28/h1,3-8,11-16,21,27H,2,9-10,17-20,22H2,(H,31,32)/b24-21+. The number of rotatable bonds is 11. The fraction of sp³-hybridized carbons (Fsp3) is 0.300. The van der Waals surface area contributed by atoms with Crippen LogP contribution in [-0.4, -0.2) is 29.2 Å². The van der Waals surface area contributed by atoms with Gasteiger partial charge in [-0.3, -0.25) is 4.79 Å². The number of ether oxygens (including phenoxy) is 1. The number of hydrogen-bond donors (Lipinski definition) is 1. The lowest BCUT2D eigenvalue weighted by atomic mass is 9.76. The van der Waals surface area contributed by atoms with Gasteiger partial charge in [0.1, 0.15) is 5.75 Å². The minimum Gasteiger partial charge on any atom is -0.493 e. The van der Waals surface area contributed by atoms with Gasteiger partial charge in [0.25, 0.3) is 0 Å². The summed E-state index contributed by atoms with van der Waals surface area (Å²) in [5.41, 5.74) is 6.64. The molecule has 1 aliphatic rings. The molecule has 34 heavy (non-hydrogen) atoms. The molecule has 176 valence electrons. The zero-order chi connectivity index (χ0) is 23.6. The van der Waals surface area contributed by atoms with Crippen molar-refractivity contribution in [1.29, 1.82) is 0 Å². The molecule has 1 unspecified atom stereocenters. The van der Waals surface area contributed by atoms with Crippen LogP contribution in [-0.2, 0) is 4.79 Å². The van der Waals surface area contributed by atoms with Crippen LogP contribution in [0.3, 0.4) is 0 Å².